The lowest BCUT2D eigenvalue weighted by Gasteiger charge is -2.34. The Bertz CT molecular complexity index is 890. The van der Waals surface area contributed by atoms with E-state index in [4.69, 9.17) is 9.47 Å². The van der Waals surface area contributed by atoms with Gasteiger partial charge in [0.15, 0.2) is 11.5 Å². The van der Waals surface area contributed by atoms with Crippen LogP contribution in [0, 0.1) is 6.92 Å². The second-order valence-corrected chi connectivity index (χ2v) is 8.28. The standard InChI is InChI=1S/C18H19NO4S/c1-12-3-5-16(6-4-12)24(20,21)19-10-15-9-18-17(22-11-23-18)8-14(15)7-13(19)2/h3-6,8-9,13H,7,10-11H2,1-2H3. The molecule has 24 heavy (non-hydrogen) atoms. The van der Waals surface area contributed by atoms with E-state index in [1.807, 2.05) is 38.1 Å². The first-order chi connectivity index (χ1) is 11.4. The highest BCUT2D eigenvalue weighted by molar-refractivity contribution is 7.89. The second kappa shape index (κ2) is 5.50. The van der Waals surface area contributed by atoms with Crippen LogP contribution in [0.2, 0.25) is 0 Å². The van der Waals surface area contributed by atoms with Crippen LogP contribution >= 0.6 is 0 Å². The van der Waals surface area contributed by atoms with Crippen molar-refractivity contribution in [2.24, 2.45) is 0 Å². The van der Waals surface area contributed by atoms with Gasteiger partial charge in [-0.1, -0.05) is 17.7 Å². The fourth-order valence-corrected chi connectivity index (χ4v) is 4.88. The normalized spacial score (nSPS) is 20.0. The van der Waals surface area contributed by atoms with Gasteiger partial charge in [0.2, 0.25) is 16.8 Å². The molecule has 2 aromatic rings. The molecule has 0 aliphatic carbocycles. The lowest BCUT2D eigenvalue weighted by Crippen LogP contribution is -2.42. The van der Waals surface area contributed by atoms with Crippen LogP contribution in [-0.2, 0) is 23.0 Å². The van der Waals surface area contributed by atoms with E-state index in [1.54, 1.807) is 16.4 Å². The van der Waals surface area contributed by atoms with E-state index in [0.717, 1.165) is 22.4 Å². The Labute approximate surface area is 141 Å². The second-order valence-electron chi connectivity index (χ2n) is 6.39. The van der Waals surface area contributed by atoms with Crippen LogP contribution in [0.4, 0.5) is 0 Å². The molecular weight excluding hydrogens is 326 g/mol. The third-order valence-corrected chi connectivity index (χ3v) is 6.63. The molecule has 0 saturated carbocycles. The third kappa shape index (κ3) is 2.46. The highest BCUT2D eigenvalue weighted by Crippen LogP contribution is 2.38. The van der Waals surface area contributed by atoms with Gasteiger partial charge in [0.05, 0.1) is 4.90 Å². The minimum absolute atomic E-state index is 0.107. The largest absolute Gasteiger partial charge is 0.454 e. The summed E-state index contributed by atoms with van der Waals surface area (Å²) in [6.07, 6.45) is 0.664. The van der Waals surface area contributed by atoms with Crippen LogP contribution in [0.3, 0.4) is 0 Å². The van der Waals surface area contributed by atoms with Crippen molar-refractivity contribution in [1.29, 1.82) is 0 Å². The van der Waals surface area contributed by atoms with Crippen molar-refractivity contribution >= 4 is 10.0 Å². The summed E-state index contributed by atoms with van der Waals surface area (Å²) >= 11 is 0. The number of aryl methyl sites for hydroxylation is 1. The number of rotatable bonds is 2. The van der Waals surface area contributed by atoms with Gasteiger partial charge in [-0.05, 0) is 55.7 Å². The molecule has 2 aromatic carbocycles. The summed E-state index contributed by atoms with van der Waals surface area (Å²) in [5.41, 5.74) is 3.15. The first-order valence-electron chi connectivity index (χ1n) is 7.95. The maximum Gasteiger partial charge on any atom is 0.243 e. The van der Waals surface area contributed by atoms with E-state index in [2.05, 4.69) is 0 Å². The smallest absolute Gasteiger partial charge is 0.243 e. The number of fused-ring (bicyclic) bond motifs is 2. The molecule has 126 valence electrons. The zero-order chi connectivity index (χ0) is 16.9. The van der Waals surface area contributed by atoms with E-state index in [1.165, 1.54) is 0 Å². The molecule has 0 saturated heterocycles. The molecule has 2 aliphatic heterocycles. The number of ether oxygens (including phenoxy) is 2. The van der Waals surface area contributed by atoms with Crippen LogP contribution in [0.5, 0.6) is 11.5 Å². The van der Waals surface area contributed by atoms with Gasteiger partial charge in [0.25, 0.3) is 0 Å². The van der Waals surface area contributed by atoms with Gasteiger partial charge >= 0.3 is 0 Å². The molecule has 0 fully saturated rings. The van der Waals surface area contributed by atoms with E-state index in [9.17, 15) is 8.42 Å². The molecule has 1 unspecified atom stereocenters. The molecule has 0 N–H and O–H groups in total. The van der Waals surface area contributed by atoms with Crippen molar-refractivity contribution in [1.82, 2.24) is 4.31 Å². The molecule has 0 radical (unpaired) electrons. The molecule has 0 amide bonds. The number of benzene rings is 2. The van der Waals surface area contributed by atoms with Gasteiger partial charge in [0.1, 0.15) is 0 Å². The molecule has 0 aromatic heterocycles. The quantitative estimate of drug-likeness (QED) is 0.840. The average Bonchev–Trinajstić information content (AvgIpc) is 2.99. The average molecular weight is 345 g/mol. The number of sulfonamides is 1. The third-order valence-electron chi connectivity index (χ3n) is 4.66. The predicted molar refractivity (Wildman–Crippen MR) is 89.6 cm³/mol. The van der Waals surface area contributed by atoms with E-state index in [0.29, 0.717) is 23.6 Å². The maximum absolute atomic E-state index is 13.0. The molecule has 2 heterocycles. The minimum Gasteiger partial charge on any atom is -0.454 e. The summed E-state index contributed by atoms with van der Waals surface area (Å²) in [6, 6.07) is 10.8. The van der Waals surface area contributed by atoms with E-state index < -0.39 is 10.0 Å². The van der Waals surface area contributed by atoms with Crippen molar-refractivity contribution in [2.75, 3.05) is 6.79 Å². The molecule has 0 bridgehead atoms. The Morgan fingerprint density at radius 1 is 1.04 bits per heavy atom. The highest BCUT2D eigenvalue weighted by Gasteiger charge is 2.34. The van der Waals surface area contributed by atoms with Gasteiger partial charge in [0, 0.05) is 12.6 Å². The Morgan fingerprint density at radius 3 is 2.33 bits per heavy atom. The lowest BCUT2D eigenvalue weighted by molar-refractivity contribution is 0.174. The molecule has 4 rings (SSSR count). The Hall–Kier alpha value is -2.05. The first-order valence-corrected chi connectivity index (χ1v) is 9.39. The fourth-order valence-electron chi connectivity index (χ4n) is 3.27. The minimum atomic E-state index is -3.52. The van der Waals surface area contributed by atoms with Gasteiger partial charge < -0.3 is 9.47 Å². The van der Waals surface area contributed by atoms with Crippen LogP contribution in [0.15, 0.2) is 41.3 Å². The molecule has 5 nitrogen and oxygen atoms in total. The molecule has 6 heteroatoms. The zero-order valence-corrected chi connectivity index (χ0v) is 14.5. The molecule has 1 atom stereocenters. The Balaban J connectivity index is 1.71. The van der Waals surface area contributed by atoms with Gasteiger partial charge in [-0.15, -0.1) is 0 Å². The maximum atomic E-state index is 13.0. The van der Waals surface area contributed by atoms with Gasteiger partial charge in [-0.3, -0.25) is 0 Å². The topological polar surface area (TPSA) is 55.8 Å². The van der Waals surface area contributed by atoms with Crippen molar-refractivity contribution in [2.45, 2.75) is 37.8 Å². The summed E-state index contributed by atoms with van der Waals surface area (Å²) in [5.74, 6) is 1.44. The monoisotopic (exact) mass is 345 g/mol. The van der Waals surface area contributed by atoms with Crippen LogP contribution in [-0.4, -0.2) is 25.6 Å². The predicted octanol–water partition coefficient (Wildman–Crippen LogP) is 2.86. The highest BCUT2D eigenvalue weighted by atomic mass is 32.2. The molecule has 0 spiro atoms. The summed E-state index contributed by atoms with van der Waals surface area (Å²) in [4.78, 5) is 0.337. The first kappa shape index (κ1) is 15.5. The van der Waals surface area contributed by atoms with Gasteiger partial charge in [-0.2, -0.15) is 4.31 Å². The van der Waals surface area contributed by atoms with Crippen molar-refractivity contribution in [3.05, 3.63) is 53.1 Å². The zero-order valence-electron chi connectivity index (χ0n) is 13.7. The summed E-state index contributed by atoms with van der Waals surface area (Å²) < 4.78 is 38.5. The van der Waals surface area contributed by atoms with E-state index in [-0.39, 0.29) is 12.8 Å². The number of hydrogen-bond acceptors (Lipinski definition) is 4. The van der Waals surface area contributed by atoms with Crippen molar-refractivity contribution < 1.29 is 17.9 Å². The van der Waals surface area contributed by atoms with Crippen LogP contribution < -0.4 is 9.47 Å². The molecule has 2 aliphatic rings. The summed E-state index contributed by atoms with van der Waals surface area (Å²) in [5, 5.41) is 0. The van der Waals surface area contributed by atoms with Crippen molar-refractivity contribution in [3.63, 3.8) is 0 Å². The number of nitrogens with zero attached hydrogens (tertiary/aromatic N) is 1. The Morgan fingerprint density at radius 2 is 1.67 bits per heavy atom. The number of hydrogen-bond donors (Lipinski definition) is 0. The SMILES string of the molecule is Cc1ccc(S(=O)(=O)N2Cc3cc4c(cc3CC2C)OCO4)cc1. The van der Waals surface area contributed by atoms with E-state index >= 15 is 0 Å². The summed E-state index contributed by atoms with van der Waals surface area (Å²) in [6.45, 7) is 4.46. The lowest BCUT2D eigenvalue weighted by atomic mass is 9.96. The summed E-state index contributed by atoms with van der Waals surface area (Å²) in [7, 11) is -3.52. The van der Waals surface area contributed by atoms with Crippen LogP contribution in [0.1, 0.15) is 23.6 Å². The fraction of sp³-hybridized carbons (Fsp3) is 0.333. The molecular formula is C18H19NO4S. The van der Waals surface area contributed by atoms with Crippen LogP contribution in [0.25, 0.3) is 0 Å². The Kier molecular flexibility index (Phi) is 3.54. The van der Waals surface area contributed by atoms with Gasteiger partial charge in [-0.25, -0.2) is 8.42 Å². The van der Waals surface area contributed by atoms with Crippen molar-refractivity contribution in [3.8, 4) is 11.5 Å².